The Bertz CT molecular complexity index is 1160. The molecule has 1 saturated carbocycles. The minimum absolute atomic E-state index is 0.0501. The molecule has 0 saturated heterocycles. The SMILES string of the molecule is CC1(C)CC(=O)C2=C(C1)OC(c1ccc(Cl)cc1)(c1ccc(Cl)cc1)C2=C1C(C)(C)C1(C)C. The van der Waals surface area contributed by atoms with Gasteiger partial charge in [0, 0.05) is 39.6 Å². The van der Waals surface area contributed by atoms with Crippen molar-refractivity contribution >= 4 is 29.0 Å². The van der Waals surface area contributed by atoms with Crippen LogP contribution in [0.1, 0.15) is 65.5 Å². The molecule has 172 valence electrons. The Labute approximate surface area is 206 Å². The highest BCUT2D eigenvalue weighted by atomic mass is 35.5. The van der Waals surface area contributed by atoms with Crippen LogP contribution in [0.15, 0.2) is 71.0 Å². The van der Waals surface area contributed by atoms with Crippen LogP contribution in [0.4, 0.5) is 0 Å². The highest BCUT2D eigenvalue weighted by molar-refractivity contribution is 6.30. The molecule has 2 aliphatic carbocycles. The van der Waals surface area contributed by atoms with Gasteiger partial charge >= 0.3 is 0 Å². The molecule has 2 aromatic rings. The Kier molecular flexibility index (Phi) is 4.82. The number of carbonyl (C=O) groups excluding carboxylic acids is 1. The van der Waals surface area contributed by atoms with E-state index >= 15 is 0 Å². The molecule has 0 atom stereocenters. The standard InChI is InChI=1S/C29H30Cl2O2/c1-26(2)15-21(32)23-22(16-26)33-29(17-7-11-19(30)12-8-17,18-9-13-20(31)14-10-18)24(23)25-27(3,4)28(25,5)6/h7-14H,15-16H2,1-6H3. The zero-order valence-electron chi connectivity index (χ0n) is 20.1. The molecule has 0 bridgehead atoms. The maximum absolute atomic E-state index is 13.7. The summed E-state index contributed by atoms with van der Waals surface area (Å²) >= 11 is 12.6. The van der Waals surface area contributed by atoms with Gasteiger partial charge in [0.15, 0.2) is 11.4 Å². The maximum atomic E-state index is 13.7. The maximum Gasteiger partial charge on any atom is 0.184 e. The number of carbonyl (C=O) groups is 1. The molecule has 1 fully saturated rings. The largest absolute Gasteiger partial charge is 0.477 e. The number of hydrogen-bond donors (Lipinski definition) is 0. The monoisotopic (exact) mass is 480 g/mol. The number of Topliss-reactive ketones (excluding diaryl/α,β-unsaturated/α-hetero) is 1. The van der Waals surface area contributed by atoms with Gasteiger partial charge in [-0.05, 0) is 46.1 Å². The van der Waals surface area contributed by atoms with E-state index in [1.807, 2.05) is 48.5 Å². The molecule has 5 rings (SSSR count). The van der Waals surface area contributed by atoms with Crippen LogP contribution in [0.3, 0.4) is 0 Å². The summed E-state index contributed by atoms with van der Waals surface area (Å²) in [6, 6.07) is 15.7. The zero-order valence-corrected chi connectivity index (χ0v) is 21.6. The molecule has 4 heteroatoms. The van der Waals surface area contributed by atoms with Crippen LogP contribution in [-0.2, 0) is 15.1 Å². The number of rotatable bonds is 2. The molecule has 1 aliphatic heterocycles. The molecule has 0 unspecified atom stereocenters. The quantitative estimate of drug-likeness (QED) is 0.432. The van der Waals surface area contributed by atoms with Gasteiger partial charge < -0.3 is 4.74 Å². The molecule has 0 N–H and O–H groups in total. The van der Waals surface area contributed by atoms with Crippen LogP contribution >= 0.6 is 23.2 Å². The summed E-state index contributed by atoms with van der Waals surface area (Å²) in [6.45, 7) is 13.3. The minimum Gasteiger partial charge on any atom is -0.477 e. The molecule has 33 heavy (non-hydrogen) atoms. The van der Waals surface area contributed by atoms with Gasteiger partial charge in [-0.2, -0.15) is 0 Å². The third-order valence-corrected chi connectivity index (χ3v) is 8.72. The summed E-state index contributed by atoms with van der Waals surface area (Å²) in [7, 11) is 0. The van der Waals surface area contributed by atoms with Crippen molar-refractivity contribution in [2.24, 2.45) is 16.2 Å². The van der Waals surface area contributed by atoms with Gasteiger partial charge in [-0.15, -0.1) is 0 Å². The predicted octanol–water partition coefficient (Wildman–Crippen LogP) is 8.27. The highest BCUT2D eigenvalue weighted by Gasteiger charge is 2.66. The molecule has 0 radical (unpaired) electrons. The second-order valence-corrected chi connectivity index (χ2v) is 12.4. The average molecular weight is 481 g/mol. The summed E-state index contributed by atoms with van der Waals surface area (Å²) in [4.78, 5) is 13.7. The van der Waals surface area contributed by atoms with E-state index in [-0.39, 0.29) is 22.0 Å². The molecular weight excluding hydrogens is 451 g/mol. The number of ketones is 1. The molecular formula is C29H30Cl2O2. The lowest BCUT2D eigenvalue weighted by molar-refractivity contribution is -0.118. The Morgan fingerprint density at radius 1 is 0.727 bits per heavy atom. The second kappa shape index (κ2) is 6.99. The van der Waals surface area contributed by atoms with Gasteiger partial charge in [-0.25, -0.2) is 0 Å². The summed E-state index contributed by atoms with van der Waals surface area (Å²) in [5, 5.41) is 1.33. The average Bonchev–Trinajstić information content (AvgIpc) is 2.96. The van der Waals surface area contributed by atoms with Crippen molar-refractivity contribution in [2.75, 3.05) is 0 Å². The first-order valence-corrected chi connectivity index (χ1v) is 12.3. The van der Waals surface area contributed by atoms with Gasteiger partial charge in [0.2, 0.25) is 0 Å². The van der Waals surface area contributed by atoms with E-state index in [9.17, 15) is 4.79 Å². The van der Waals surface area contributed by atoms with Gasteiger partial charge in [-0.3, -0.25) is 4.79 Å². The summed E-state index contributed by atoms with van der Waals surface area (Å²) in [5.41, 5.74) is 3.87. The lowest BCUT2D eigenvalue weighted by Crippen LogP contribution is -2.31. The molecule has 0 aromatic heterocycles. The van der Waals surface area contributed by atoms with Crippen molar-refractivity contribution in [3.05, 3.63) is 92.2 Å². The molecule has 0 amide bonds. The van der Waals surface area contributed by atoms with Crippen molar-refractivity contribution in [1.82, 2.24) is 0 Å². The minimum atomic E-state index is -0.920. The van der Waals surface area contributed by atoms with E-state index in [4.69, 9.17) is 27.9 Å². The Hall–Kier alpha value is -2.03. The lowest BCUT2D eigenvalue weighted by Gasteiger charge is -2.34. The first kappa shape index (κ1) is 22.7. The van der Waals surface area contributed by atoms with Crippen molar-refractivity contribution in [3.63, 3.8) is 0 Å². The van der Waals surface area contributed by atoms with E-state index in [0.29, 0.717) is 16.5 Å². The first-order chi connectivity index (χ1) is 15.3. The van der Waals surface area contributed by atoms with Crippen LogP contribution in [-0.4, -0.2) is 5.78 Å². The number of benzene rings is 2. The van der Waals surface area contributed by atoms with E-state index < -0.39 is 5.60 Å². The molecule has 2 aromatic carbocycles. The van der Waals surface area contributed by atoms with E-state index in [0.717, 1.165) is 34.5 Å². The van der Waals surface area contributed by atoms with Crippen molar-refractivity contribution in [1.29, 1.82) is 0 Å². The normalized spacial score (nSPS) is 23.9. The molecule has 2 nitrogen and oxygen atoms in total. The third kappa shape index (κ3) is 3.17. The molecule has 0 spiro atoms. The third-order valence-electron chi connectivity index (χ3n) is 8.22. The second-order valence-electron chi connectivity index (χ2n) is 11.5. The van der Waals surface area contributed by atoms with Crippen LogP contribution < -0.4 is 0 Å². The van der Waals surface area contributed by atoms with Crippen LogP contribution in [0, 0.1) is 16.2 Å². The van der Waals surface area contributed by atoms with E-state index in [1.165, 1.54) is 5.57 Å². The fourth-order valence-electron chi connectivity index (χ4n) is 5.94. The molecule has 1 heterocycles. The molecule has 3 aliphatic rings. The Balaban J connectivity index is 1.88. The Morgan fingerprint density at radius 2 is 1.18 bits per heavy atom. The predicted molar refractivity (Wildman–Crippen MR) is 134 cm³/mol. The summed E-state index contributed by atoms with van der Waals surface area (Å²) in [6.07, 6.45) is 1.25. The number of allylic oxidation sites excluding steroid dienone is 2. The highest BCUT2D eigenvalue weighted by Crippen LogP contribution is 2.73. The van der Waals surface area contributed by atoms with Crippen molar-refractivity contribution < 1.29 is 9.53 Å². The van der Waals surface area contributed by atoms with E-state index in [2.05, 4.69) is 41.5 Å². The van der Waals surface area contributed by atoms with Gasteiger partial charge in [0.25, 0.3) is 0 Å². The number of halogens is 2. The lowest BCUT2D eigenvalue weighted by atomic mass is 9.71. The van der Waals surface area contributed by atoms with E-state index in [1.54, 1.807) is 0 Å². The Morgan fingerprint density at radius 3 is 1.61 bits per heavy atom. The summed E-state index contributed by atoms with van der Waals surface area (Å²) in [5.74, 6) is 0.981. The van der Waals surface area contributed by atoms with Gasteiger partial charge in [0.1, 0.15) is 5.76 Å². The first-order valence-electron chi connectivity index (χ1n) is 11.5. The number of ether oxygens (including phenoxy) is 1. The number of hydrogen-bond acceptors (Lipinski definition) is 2. The smallest absolute Gasteiger partial charge is 0.184 e. The summed E-state index contributed by atoms with van der Waals surface area (Å²) < 4.78 is 7.03. The van der Waals surface area contributed by atoms with Crippen LogP contribution in [0.2, 0.25) is 10.0 Å². The van der Waals surface area contributed by atoms with Gasteiger partial charge in [0.05, 0.1) is 5.57 Å². The van der Waals surface area contributed by atoms with Gasteiger partial charge in [-0.1, -0.05) is 89.0 Å². The van der Waals surface area contributed by atoms with Crippen LogP contribution in [0.5, 0.6) is 0 Å². The van der Waals surface area contributed by atoms with Crippen molar-refractivity contribution in [3.8, 4) is 0 Å². The fourth-order valence-corrected chi connectivity index (χ4v) is 6.19. The fraction of sp³-hybridized carbons (Fsp3) is 0.414. The topological polar surface area (TPSA) is 26.3 Å². The van der Waals surface area contributed by atoms with Crippen molar-refractivity contribution in [2.45, 2.75) is 60.0 Å². The zero-order chi connectivity index (χ0) is 24.0. The van der Waals surface area contributed by atoms with Crippen LogP contribution in [0.25, 0.3) is 0 Å².